The fourth-order valence-corrected chi connectivity index (χ4v) is 3.11. The van der Waals surface area contributed by atoms with Crippen LogP contribution in [0.5, 0.6) is 0 Å². The molecule has 1 aromatic carbocycles. The Labute approximate surface area is 152 Å². The molecule has 2 amide bonds. The normalized spacial score (nSPS) is 14.2. The number of benzene rings is 1. The second kappa shape index (κ2) is 7.57. The van der Waals surface area contributed by atoms with E-state index in [1.165, 1.54) is 23.6 Å². The predicted octanol–water partition coefficient (Wildman–Crippen LogP) is 1.02. The lowest BCUT2D eigenvalue weighted by molar-refractivity contribution is -0.136. The summed E-state index contributed by atoms with van der Waals surface area (Å²) in [5, 5.41) is 8.62. The summed E-state index contributed by atoms with van der Waals surface area (Å²) in [5.74, 6) is -1.27. The summed E-state index contributed by atoms with van der Waals surface area (Å²) in [5.41, 5.74) is 3.68. The molecule has 0 saturated carbocycles. The lowest BCUT2D eigenvalue weighted by Gasteiger charge is -2.25. The molecule has 138 valence electrons. The summed E-state index contributed by atoms with van der Waals surface area (Å²) < 4.78 is 4.62. The number of carbonyl (C=O) groups is 2. The van der Waals surface area contributed by atoms with Crippen molar-refractivity contribution in [2.45, 2.75) is 12.5 Å². The van der Waals surface area contributed by atoms with Gasteiger partial charge in [0, 0.05) is 31.9 Å². The third-order valence-electron chi connectivity index (χ3n) is 4.58. The average Bonchev–Trinajstić information content (AvgIpc) is 3.24. The van der Waals surface area contributed by atoms with E-state index < -0.39 is 11.8 Å². The minimum absolute atomic E-state index is 0.0324. The number of anilines is 2. The van der Waals surface area contributed by atoms with E-state index in [4.69, 9.17) is 0 Å². The Balaban J connectivity index is 1.64. The smallest absolute Gasteiger partial charge is 0.314 e. The second-order valence-electron chi connectivity index (χ2n) is 6.59. The maximum Gasteiger partial charge on any atom is 0.314 e. The van der Waals surface area contributed by atoms with E-state index in [2.05, 4.69) is 50.5 Å². The zero-order valence-electron chi connectivity index (χ0n) is 15.2. The van der Waals surface area contributed by atoms with Gasteiger partial charge in [-0.15, -0.1) is 0 Å². The standard InChI is InChI=1S/C18H23N5O3/c1-22(2)15(12-4-5-14-13(10-12)6-8-23(14)3)11-19-17(24)18(25)20-16-7-9-26-21-16/h4-5,7,9-10,15H,6,8,11H2,1-3H3,(H,19,24)(H,20,21,25)/t15-/m1/s1. The zero-order valence-corrected chi connectivity index (χ0v) is 15.2. The van der Waals surface area contributed by atoms with E-state index in [1.807, 2.05) is 19.0 Å². The van der Waals surface area contributed by atoms with Crippen molar-refractivity contribution in [2.75, 3.05) is 44.4 Å². The molecule has 0 radical (unpaired) electrons. The van der Waals surface area contributed by atoms with Crippen molar-refractivity contribution in [1.29, 1.82) is 0 Å². The molecule has 8 heteroatoms. The van der Waals surface area contributed by atoms with E-state index in [0.717, 1.165) is 18.5 Å². The minimum Gasteiger partial charge on any atom is -0.374 e. The highest BCUT2D eigenvalue weighted by atomic mass is 16.5. The maximum absolute atomic E-state index is 12.1. The fraction of sp³-hybridized carbons (Fsp3) is 0.389. The molecule has 0 bridgehead atoms. The SMILES string of the molecule is CN1CCc2cc([C@@H](CNC(=O)C(=O)Nc3ccon3)N(C)C)ccc21. The second-order valence-corrected chi connectivity index (χ2v) is 6.59. The first kappa shape index (κ1) is 17.9. The van der Waals surface area contributed by atoms with E-state index in [1.54, 1.807) is 0 Å². The predicted molar refractivity (Wildman–Crippen MR) is 98.0 cm³/mol. The van der Waals surface area contributed by atoms with Crippen LogP contribution < -0.4 is 15.5 Å². The minimum atomic E-state index is -0.771. The van der Waals surface area contributed by atoms with Crippen LogP contribution in [0.3, 0.4) is 0 Å². The molecule has 0 aliphatic carbocycles. The maximum atomic E-state index is 12.1. The molecule has 0 spiro atoms. The van der Waals surface area contributed by atoms with Crippen molar-refractivity contribution < 1.29 is 14.1 Å². The summed E-state index contributed by atoms with van der Waals surface area (Å²) in [6, 6.07) is 7.82. The van der Waals surface area contributed by atoms with Gasteiger partial charge in [-0.25, -0.2) is 0 Å². The quantitative estimate of drug-likeness (QED) is 0.777. The fourth-order valence-electron chi connectivity index (χ4n) is 3.11. The largest absolute Gasteiger partial charge is 0.374 e. The molecule has 1 aliphatic heterocycles. The number of nitrogens with one attached hydrogen (secondary N) is 2. The van der Waals surface area contributed by atoms with Crippen LogP contribution in [-0.2, 0) is 16.0 Å². The van der Waals surface area contributed by atoms with Crippen molar-refractivity contribution in [1.82, 2.24) is 15.4 Å². The van der Waals surface area contributed by atoms with Crippen molar-refractivity contribution in [3.05, 3.63) is 41.7 Å². The van der Waals surface area contributed by atoms with Crippen molar-refractivity contribution in [3.63, 3.8) is 0 Å². The van der Waals surface area contributed by atoms with Gasteiger partial charge in [-0.2, -0.15) is 0 Å². The van der Waals surface area contributed by atoms with E-state index >= 15 is 0 Å². The Kier molecular flexibility index (Phi) is 5.22. The number of fused-ring (bicyclic) bond motifs is 1. The Morgan fingerprint density at radius 1 is 1.31 bits per heavy atom. The summed E-state index contributed by atoms with van der Waals surface area (Å²) in [7, 11) is 5.99. The molecule has 2 heterocycles. The number of hydrogen-bond acceptors (Lipinski definition) is 6. The van der Waals surface area contributed by atoms with Gasteiger partial charge in [-0.1, -0.05) is 17.3 Å². The van der Waals surface area contributed by atoms with Crippen molar-refractivity contribution in [2.24, 2.45) is 0 Å². The summed E-state index contributed by atoms with van der Waals surface area (Å²) in [6.07, 6.45) is 2.34. The molecule has 0 fully saturated rings. The number of aromatic nitrogens is 1. The number of nitrogens with zero attached hydrogens (tertiary/aromatic N) is 3. The van der Waals surface area contributed by atoms with Gasteiger partial charge in [0.1, 0.15) is 6.26 Å². The topological polar surface area (TPSA) is 90.7 Å². The highest BCUT2D eigenvalue weighted by Crippen LogP contribution is 2.30. The number of amides is 2. The van der Waals surface area contributed by atoms with Crippen LogP contribution in [0.15, 0.2) is 35.1 Å². The molecule has 8 nitrogen and oxygen atoms in total. The molecule has 2 N–H and O–H groups in total. The first-order chi connectivity index (χ1) is 12.5. The van der Waals surface area contributed by atoms with E-state index in [9.17, 15) is 9.59 Å². The molecule has 1 aromatic heterocycles. The summed E-state index contributed by atoms with van der Waals surface area (Å²) >= 11 is 0. The first-order valence-corrected chi connectivity index (χ1v) is 8.45. The Morgan fingerprint density at radius 2 is 2.12 bits per heavy atom. The molecule has 2 aromatic rings. The van der Waals surface area contributed by atoms with E-state index in [0.29, 0.717) is 6.54 Å². The van der Waals surface area contributed by atoms with Crippen LogP contribution in [0.2, 0.25) is 0 Å². The number of hydrogen-bond donors (Lipinski definition) is 2. The number of carbonyl (C=O) groups excluding carboxylic acids is 2. The third kappa shape index (κ3) is 3.85. The van der Waals surface area contributed by atoms with Gasteiger partial charge >= 0.3 is 11.8 Å². The Hall–Kier alpha value is -2.87. The van der Waals surface area contributed by atoms with Gasteiger partial charge in [0.2, 0.25) is 0 Å². The van der Waals surface area contributed by atoms with Crippen LogP contribution in [0.25, 0.3) is 0 Å². The zero-order chi connectivity index (χ0) is 18.7. The van der Waals surface area contributed by atoms with Gasteiger partial charge in [-0.3, -0.25) is 14.9 Å². The summed E-state index contributed by atoms with van der Waals surface area (Å²) in [6.45, 7) is 1.34. The van der Waals surface area contributed by atoms with Crippen molar-refractivity contribution in [3.8, 4) is 0 Å². The lowest BCUT2D eigenvalue weighted by Crippen LogP contribution is -2.40. The van der Waals surface area contributed by atoms with Crippen LogP contribution in [-0.4, -0.2) is 56.1 Å². The van der Waals surface area contributed by atoms with Crippen LogP contribution in [0.1, 0.15) is 17.2 Å². The molecule has 3 rings (SSSR count). The first-order valence-electron chi connectivity index (χ1n) is 8.45. The molecule has 1 atom stereocenters. The summed E-state index contributed by atoms with van der Waals surface area (Å²) in [4.78, 5) is 28.2. The molecule has 1 aliphatic rings. The average molecular weight is 357 g/mol. The molecule has 0 unspecified atom stereocenters. The van der Waals surface area contributed by atoms with Crippen molar-refractivity contribution >= 4 is 23.3 Å². The molecule has 26 heavy (non-hydrogen) atoms. The van der Waals surface area contributed by atoms with Gasteiger partial charge in [0.15, 0.2) is 5.82 Å². The van der Waals surface area contributed by atoms with E-state index in [-0.39, 0.29) is 11.9 Å². The molecular formula is C18H23N5O3. The van der Waals surface area contributed by atoms with Gasteiger partial charge in [-0.05, 0) is 37.7 Å². The number of likely N-dealkylation sites (N-methyl/N-ethyl adjacent to an activating group) is 2. The Bertz CT molecular complexity index is 788. The monoisotopic (exact) mass is 357 g/mol. The number of rotatable bonds is 5. The molecular weight excluding hydrogens is 334 g/mol. The van der Waals surface area contributed by atoms with Gasteiger partial charge in [0.05, 0.1) is 6.04 Å². The van der Waals surface area contributed by atoms with Crippen LogP contribution in [0, 0.1) is 0 Å². The Morgan fingerprint density at radius 3 is 2.81 bits per heavy atom. The van der Waals surface area contributed by atoms with Gasteiger partial charge in [0.25, 0.3) is 0 Å². The van der Waals surface area contributed by atoms with Gasteiger partial charge < -0.3 is 19.6 Å². The molecule has 0 saturated heterocycles. The lowest BCUT2D eigenvalue weighted by atomic mass is 10.0. The highest BCUT2D eigenvalue weighted by molar-refractivity contribution is 6.39. The van der Waals surface area contributed by atoms with Crippen LogP contribution >= 0.6 is 0 Å². The van der Waals surface area contributed by atoms with Crippen LogP contribution in [0.4, 0.5) is 11.5 Å². The highest BCUT2D eigenvalue weighted by Gasteiger charge is 2.22. The third-order valence-corrected chi connectivity index (χ3v) is 4.58.